The number of guanidine groups is 1. The lowest BCUT2D eigenvalue weighted by Crippen LogP contribution is -2.41. The zero-order chi connectivity index (χ0) is 19.1. The van der Waals surface area contributed by atoms with E-state index in [0.29, 0.717) is 19.1 Å². The Morgan fingerprint density at radius 3 is 2.82 bits per heavy atom. The maximum absolute atomic E-state index is 9.49. The van der Waals surface area contributed by atoms with Crippen molar-refractivity contribution in [1.82, 2.24) is 10.6 Å². The molecule has 1 heterocycles. The van der Waals surface area contributed by atoms with Gasteiger partial charge in [-0.3, -0.25) is 0 Å². The van der Waals surface area contributed by atoms with E-state index in [1.807, 2.05) is 0 Å². The van der Waals surface area contributed by atoms with Crippen LogP contribution in [-0.2, 0) is 11.3 Å². The van der Waals surface area contributed by atoms with Gasteiger partial charge in [0.2, 0.25) is 0 Å². The van der Waals surface area contributed by atoms with E-state index in [2.05, 4.69) is 42.7 Å². The molecule has 3 rings (SSSR count). The second-order valence-electron chi connectivity index (χ2n) is 7.86. The van der Waals surface area contributed by atoms with Crippen LogP contribution in [0.25, 0.3) is 0 Å². The van der Waals surface area contributed by atoms with E-state index in [4.69, 9.17) is 14.5 Å². The van der Waals surface area contributed by atoms with Crippen LogP contribution in [0.5, 0.6) is 5.75 Å². The zero-order valence-electron chi connectivity index (χ0n) is 17.0. The van der Waals surface area contributed by atoms with Crippen molar-refractivity contribution >= 4 is 29.9 Å². The van der Waals surface area contributed by atoms with Gasteiger partial charge in [0, 0.05) is 36.6 Å². The van der Waals surface area contributed by atoms with Crippen LogP contribution in [0, 0.1) is 18.3 Å². The average molecular weight is 503 g/mol. The molecule has 1 aliphatic carbocycles. The highest BCUT2D eigenvalue weighted by molar-refractivity contribution is 14.0. The molecule has 6 nitrogen and oxygen atoms in total. The minimum absolute atomic E-state index is 0. The first kappa shape index (κ1) is 23.2. The topological polar surface area (TPSA) is 75.1 Å². The Bertz CT molecular complexity index is 644. The van der Waals surface area contributed by atoms with E-state index in [0.717, 1.165) is 62.8 Å². The molecule has 1 unspecified atom stereocenters. The molecule has 28 heavy (non-hydrogen) atoms. The van der Waals surface area contributed by atoms with Crippen molar-refractivity contribution in [2.45, 2.75) is 39.7 Å². The summed E-state index contributed by atoms with van der Waals surface area (Å²) in [5.41, 5.74) is 2.32. The number of halogens is 1. The summed E-state index contributed by atoms with van der Waals surface area (Å²) in [6.45, 7) is 8.81. The number of rotatable bonds is 9. The van der Waals surface area contributed by atoms with Gasteiger partial charge in [-0.2, -0.15) is 0 Å². The lowest BCUT2D eigenvalue weighted by atomic mass is 10.1. The smallest absolute Gasteiger partial charge is 0.191 e. The number of aliphatic hydroxyl groups excluding tert-OH is 1. The Balaban J connectivity index is 0.00000280. The molecule has 1 atom stereocenters. The Morgan fingerprint density at radius 1 is 1.36 bits per heavy atom. The lowest BCUT2D eigenvalue weighted by molar-refractivity contribution is 0.166. The van der Waals surface area contributed by atoms with Gasteiger partial charge in [0.15, 0.2) is 5.96 Å². The first-order valence-corrected chi connectivity index (χ1v) is 10.1. The van der Waals surface area contributed by atoms with Crippen molar-refractivity contribution in [2.75, 3.05) is 39.5 Å². The Labute approximate surface area is 185 Å². The monoisotopic (exact) mass is 503 g/mol. The number of hydrogen-bond donors (Lipinski definition) is 3. The second-order valence-corrected chi connectivity index (χ2v) is 7.86. The van der Waals surface area contributed by atoms with Crippen molar-refractivity contribution in [3.05, 3.63) is 29.3 Å². The second kappa shape index (κ2) is 11.2. The molecule has 1 aromatic carbocycles. The van der Waals surface area contributed by atoms with Crippen molar-refractivity contribution < 1.29 is 14.6 Å². The predicted molar refractivity (Wildman–Crippen MR) is 123 cm³/mol. The van der Waals surface area contributed by atoms with Crippen molar-refractivity contribution in [3.63, 3.8) is 0 Å². The highest BCUT2D eigenvalue weighted by Crippen LogP contribution is 2.44. The van der Waals surface area contributed by atoms with Gasteiger partial charge in [-0.15, -0.1) is 24.0 Å². The molecule has 158 valence electrons. The molecular weight excluding hydrogens is 469 g/mol. The first-order chi connectivity index (χ1) is 13.1. The average Bonchev–Trinajstić information content (AvgIpc) is 3.27. The molecule has 2 fully saturated rings. The minimum Gasteiger partial charge on any atom is -0.493 e. The Kier molecular flexibility index (Phi) is 9.30. The molecule has 1 aliphatic heterocycles. The third kappa shape index (κ3) is 6.77. The quantitative estimate of drug-likeness (QED) is 0.275. The van der Waals surface area contributed by atoms with Gasteiger partial charge in [-0.1, -0.05) is 12.1 Å². The summed E-state index contributed by atoms with van der Waals surface area (Å²) < 4.78 is 11.6. The van der Waals surface area contributed by atoms with Gasteiger partial charge in [-0.25, -0.2) is 4.99 Å². The molecule has 1 saturated carbocycles. The molecule has 7 heteroatoms. The van der Waals surface area contributed by atoms with Crippen molar-refractivity contribution in [2.24, 2.45) is 16.3 Å². The fourth-order valence-electron chi connectivity index (χ4n) is 3.19. The number of benzene rings is 1. The van der Waals surface area contributed by atoms with E-state index in [-0.39, 0.29) is 36.0 Å². The van der Waals surface area contributed by atoms with Crippen LogP contribution in [0.15, 0.2) is 23.2 Å². The fourth-order valence-corrected chi connectivity index (χ4v) is 3.19. The van der Waals surface area contributed by atoms with Crippen LogP contribution in [0.2, 0.25) is 0 Å². The molecule has 0 radical (unpaired) electrons. The third-order valence-corrected chi connectivity index (χ3v) is 5.40. The summed E-state index contributed by atoms with van der Waals surface area (Å²) in [7, 11) is 0. The maximum Gasteiger partial charge on any atom is 0.191 e. The normalized spacial score (nSPS) is 20.4. The number of aryl methyl sites for hydroxylation is 1. The van der Waals surface area contributed by atoms with Crippen LogP contribution in [0.4, 0.5) is 0 Å². The molecule has 3 N–H and O–H groups in total. The number of ether oxygens (including phenoxy) is 2. The van der Waals surface area contributed by atoms with E-state index in [1.54, 1.807) is 0 Å². The van der Waals surface area contributed by atoms with Crippen LogP contribution in [0.1, 0.15) is 37.3 Å². The molecular formula is C21H34IN3O3. The van der Waals surface area contributed by atoms with Crippen LogP contribution < -0.4 is 15.4 Å². The molecule has 0 aromatic heterocycles. The summed E-state index contributed by atoms with van der Waals surface area (Å²) in [4.78, 5) is 4.73. The maximum atomic E-state index is 9.49. The SMILES string of the molecule is CCNC(=NCc1ccc(C)cc1OCC1CCOC1)NCC1(CO)CC1.I. The predicted octanol–water partition coefficient (Wildman–Crippen LogP) is 2.86. The number of nitrogens with one attached hydrogen (secondary N) is 2. The number of nitrogens with zero attached hydrogens (tertiary/aromatic N) is 1. The number of aliphatic hydroxyl groups is 1. The van der Waals surface area contributed by atoms with Crippen molar-refractivity contribution in [1.29, 1.82) is 0 Å². The largest absolute Gasteiger partial charge is 0.493 e. The minimum atomic E-state index is 0. The summed E-state index contributed by atoms with van der Waals surface area (Å²) in [6.07, 6.45) is 3.23. The molecule has 0 spiro atoms. The third-order valence-electron chi connectivity index (χ3n) is 5.40. The number of aliphatic imine (C=N–C) groups is 1. The van der Waals surface area contributed by atoms with E-state index < -0.39 is 0 Å². The highest BCUT2D eigenvalue weighted by atomic mass is 127. The van der Waals surface area contributed by atoms with Crippen LogP contribution >= 0.6 is 24.0 Å². The van der Waals surface area contributed by atoms with Gasteiger partial charge in [0.05, 0.1) is 26.4 Å². The van der Waals surface area contributed by atoms with Gasteiger partial charge in [0.25, 0.3) is 0 Å². The summed E-state index contributed by atoms with van der Waals surface area (Å²) in [5.74, 6) is 2.18. The van der Waals surface area contributed by atoms with Crippen LogP contribution in [0.3, 0.4) is 0 Å². The Morgan fingerprint density at radius 2 is 2.18 bits per heavy atom. The summed E-state index contributed by atoms with van der Waals surface area (Å²) >= 11 is 0. The highest BCUT2D eigenvalue weighted by Gasteiger charge is 2.41. The van der Waals surface area contributed by atoms with Gasteiger partial charge in [-0.05, 0) is 44.7 Å². The zero-order valence-corrected chi connectivity index (χ0v) is 19.3. The standard InChI is InChI=1S/C21H33N3O3.HI/c1-3-22-20(24-14-21(15-25)7-8-21)23-11-18-5-4-16(2)10-19(18)27-13-17-6-9-26-12-17;/h4-5,10,17,25H,3,6-9,11-15H2,1-2H3,(H2,22,23,24);1H. The Hall–Kier alpha value is -1.06. The molecule has 0 amide bonds. The van der Waals surface area contributed by atoms with Crippen LogP contribution in [-0.4, -0.2) is 50.6 Å². The molecule has 1 saturated heterocycles. The van der Waals surface area contributed by atoms with Gasteiger partial charge >= 0.3 is 0 Å². The fraction of sp³-hybridized carbons (Fsp3) is 0.667. The lowest BCUT2D eigenvalue weighted by Gasteiger charge is -2.17. The first-order valence-electron chi connectivity index (χ1n) is 10.1. The van der Waals surface area contributed by atoms with Gasteiger partial charge in [0.1, 0.15) is 5.75 Å². The van der Waals surface area contributed by atoms with Gasteiger partial charge < -0.3 is 25.2 Å². The molecule has 0 bridgehead atoms. The summed E-state index contributed by atoms with van der Waals surface area (Å²) in [5, 5.41) is 16.2. The van der Waals surface area contributed by atoms with E-state index >= 15 is 0 Å². The molecule has 2 aliphatic rings. The summed E-state index contributed by atoms with van der Waals surface area (Å²) in [6, 6.07) is 6.28. The van der Waals surface area contributed by atoms with Crippen molar-refractivity contribution in [3.8, 4) is 5.75 Å². The van der Waals surface area contributed by atoms with E-state index in [1.165, 1.54) is 5.56 Å². The van der Waals surface area contributed by atoms with E-state index in [9.17, 15) is 5.11 Å². The molecule has 1 aromatic rings. The number of hydrogen-bond acceptors (Lipinski definition) is 4.